The molecule has 1 unspecified atom stereocenters. The van der Waals surface area contributed by atoms with Crippen molar-refractivity contribution < 1.29 is 4.42 Å². The van der Waals surface area contributed by atoms with E-state index in [0.717, 1.165) is 44.2 Å². The van der Waals surface area contributed by atoms with E-state index in [1.165, 1.54) is 27.8 Å². The molecule has 0 radical (unpaired) electrons. The molecule has 49 heavy (non-hydrogen) atoms. The fourth-order valence-corrected chi connectivity index (χ4v) is 7.34. The summed E-state index contributed by atoms with van der Waals surface area (Å²) in [6.45, 7) is 13.2. The van der Waals surface area contributed by atoms with Gasteiger partial charge in [0, 0.05) is 32.9 Å². The van der Waals surface area contributed by atoms with E-state index in [2.05, 4.69) is 88.9 Å². The second-order valence-electron chi connectivity index (χ2n) is 13.3. The van der Waals surface area contributed by atoms with Crippen LogP contribution in [0, 0.1) is 5.92 Å². The van der Waals surface area contributed by atoms with Crippen molar-refractivity contribution in [1.29, 1.82) is 0 Å². The van der Waals surface area contributed by atoms with Crippen LogP contribution in [0.3, 0.4) is 0 Å². The molecule has 4 nitrogen and oxygen atoms in total. The monoisotopic (exact) mass is 635 g/mol. The van der Waals surface area contributed by atoms with Gasteiger partial charge in [0.15, 0.2) is 17.5 Å². The maximum absolute atomic E-state index is 6.39. The Hall–Kier alpha value is -5.87. The first-order chi connectivity index (χ1) is 23.9. The molecule has 7 aromatic rings. The Morgan fingerprint density at radius 3 is 2.02 bits per heavy atom. The lowest BCUT2D eigenvalue weighted by Gasteiger charge is -2.32. The third-order valence-electron chi connectivity index (χ3n) is 10.2. The second-order valence-corrected chi connectivity index (χ2v) is 13.3. The third-order valence-corrected chi connectivity index (χ3v) is 10.2. The van der Waals surface area contributed by atoms with E-state index in [0.29, 0.717) is 23.4 Å². The molecule has 0 bridgehead atoms. The third kappa shape index (κ3) is 5.03. The Morgan fingerprint density at radius 1 is 0.714 bits per heavy atom. The SMILES string of the molecule is C=C/C=C(\C=C(/C)c1cccc2c1-c1cc3c(cc1C2(C)C(C)C)oc1ccccc13)c1nc(-c2ccccc2)nc(-c2ccccc2)n1. The first-order valence-corrected chi connectivity index (χ1v) is 16.8. The lowest BCUT2D eigenvalue weighted by Crippen LogP contribution is -2.27. The molecule has 2 aromatic heterocycles. The molecule has 0 saturated heterocycles. The maximum Gasteiger partial charge on any atom is 0.164 e. The van der Waals surface area contributed by atoms with Gasteiger partial charge in [-0.05, 0) is 70.5 Å². The molecule has 0 saturated carbocycles. The fourth-order valence-electron chi connectivity index (χ4n) is 7.34. The van der Waals surface area contributed by atoms with Crippen LogP contribution in [0.4, 0.5) is 0 Å². The predicted octanol–water partition coefficient (Wildman–Crippen LogP) is 11.7. The molecular formula is C45H37N3O. The fraction of sp³-hybridized carbons (Fsp3) is 0.133. The van der Waals surface area contributed by atoms with Crippen LogP contribution < -0.4 is 0 Å². The Labute approximate surface area is 287 Å². The minimum absolute atomic E-state index is 0.183. The van der Waals surface area contributed by atoms with Gasteiger partial charge in [-0.15, -0.1) is 0 Å². The largest absolute Gasteiger partial charge is 0.456 e. The minimum atomic E-state index is -0.183. The number of benzene rings is 5. The van der Waals surface area contributed by atoms with Crippen molar-refractivity contribution in [3.63, 3.8) is 0 Å². The lowest BCUT2D eigenvalue weighted by molar-refractivity contribution is 0.414. The van der Waals surface area contributed by atoms with Crippen LogP contribution in [0.1, 0.15) is 50.2 Å². The molecule has 0 aliphatic heterocycles. The zero-order valence-electron chi connectivity index (χ0n) is 28.2. The van der Waals surface area contributed by atoms with Crippen molar-refractivity contribution in [2.45, 2.75) is 33.1 Å². The average molecular weight is 636 g/mol. The highest BCUT2D eigenvalue weighted by molar-refractivity contribution is 6.08. The average Bonchev–Trinajstić information content (AvgIpc) is 3.63. The highest BCUT2D eigenvalue weighted by atomic mass is 16.3. The molecule has 0 fully saturated rings. The molecule has 1 atom stereocenters. The van der Waals surface area contributed by atoms with Gasteiger partial charge in [-0.2, -0.15) is 0 Å². The molecule has 1 aliphatic rings. The standard InChI is InChI=1S/C45H37N3O/c1-6-16-32(44-47-42(30-17-9-7-10-18-30)46-43(48-44)31-19-11-8-12-20-31)25-29(4)33-22-15-23-37-41(33)36-26-35-34-21-13-14-24-39(34)49-40(35)27-38(36)45(37,5)28(2)3/h6-28H,1H2,2-5H3/b29-25+,32-16+. The van der Waals surface area contributed by atoms with Crippen LogP contribution in [0.15, 0.2) is 144 Å². The summed E-state index contributed by atoms with van der Waals surface area (Å²) in [4.78, 5) is 14.9. The number of fused-ring (bicyclic) bond motifs is 6. The topological polar surface area (TPSA) is 51.8 Å². The van der Waals surface area contributed by atoms with Crippen molar-refractivity contribution in [2.75, 3.05) is 0 Å². The van der Waals surface area contributed by atoms with E-state index < -0.39 is 0 Å². The molecule has 238 valence electrons. The van der Waals surface area contributed by atoms with Gasteiger partial charge in [-0.25, -0.2) is 15.0 Å². The highest BCUT2D eigenvalue weighted by Crippen LogP contribution is 2.56. The summed E-state index contributed by atoms with van der Waals surface area (Å²) in [5, 5.41) is 2.28. The van der Waals surface area contributed by atoms with Gasteiger partial charge in [0.25, 0.3) is 0 Å². The van der Waals surface area contributed by atoms with Gasteiger partial charge in [-0.3, -0.25) is 0 Å². The van der Waals surface area contributed by atoms with Crippen molar-refractivity contribution in [2.24, 2.45) is 5.92 Å². The van der Waals surface area contributed by atoms with Crippen molar-refractivity contribution >= 4 is 33.1 Å². The Bertz CT molecular complexity index is 2390. The van der Waals surface area contributed by atoms with Crippen LogP contribution >= 0.6 is 0 Å². The van der Waals surface area contributed by atoms with Crippen LogP contribution in [-0.4, -0.2) is 15.0 Å². The zero-order valence-corrected chi connectivity index (χ0v) is 28.2. The van der Waals surface area contributed by atoms with Crippen LogP contribution in [0.25, 0.3) is 67.0 Å². The number of hydrogen-bond donors (Lipinski definition) is 0. The number of allylic oxidation sites excluding steroid dienone is 5. The molecule has 2 heterocycles. The summed E-state index contributed by atoms with van der Waals surface area (Å²) in [6, 6.07) is 39.8. The van der Waals surface area contributed by atoms with E-state index in [9.17, 15) is 0 Å². The Morgan fingerprint density at radius 2 is 1.37 bits per heavy atom. The van der Waals surface area contributed by atoms with E-state index >= 15 is 0 Å². The summed E-state index contributed by atoms with van der Waals surface area (Å²) >= 11 is 0. The van der Waals surface area contributed by atoms with Gasteiger partial charge in [-0.1, -0.05) is 137 Å². The first kappa shape index (κ1) is 30.5. The van der Waals surface area contributed by atoms with Gasteiger partial charge in [0.2, 0.25) is 0 Å². The molecule has 1 aliphatic carbocycles. The van der Waals surface area contributed by atoms with Gasteiger partial charge < -0.3 is 4.42 Å². The number of para-hydroxylation sites is 1. The highest BCUT2D eigenvalue weighted by Gasteiger charge is 2.43. The Balaban J connectivity index is 1.32. The number of rotatable bonds is 7. The number of aromatic nitrogens is 3. The molecule has 0 spiro atoms. The quantitative estimate of drug-likeness (QED) is 0.164. The summed E-state index contributed by atoms with van der Waals surface area (Å²) in [5.74, 6) is 2.22. The van der Waals surface area contributed by atoms with Crippen LogP contribution in [-0.2, 0) is 5.41 Å². The Kier molecular flexibility index (Phi) is 7.45. The van der Waals surface area contributed by atoms with Crippen molar-refractivity contribution in [3.05, 3.63) is 163 Å². The van der Waals surface area contributed by atoms with Crippen molar-refractivity contribution in [1.82, 2.24) is 15.0 Å². The van der Waals surface area contributed by atoms with Gasteiger partial charge in [0.1, 0.15) is 11.2 Å². The molecular weight excluding hydrogens is 599 g/mol. The van der Waals surface area contributed by atoms with E-state index in [4.69, 9.17) is 19.4 Å². The number of hydrogen-bond acceptors (Lipinski definition) is 4. The van der Waals surface area contributed by atoms with E-state index in [1.54, 1.807) is 6.08 Å². The summed E-state index contributed by atoms with van der Waals surface area (Å²) in [6.07, 6.45) is 5.97. The maximum atomic E-state index is 6.39. The molecule has 0 N–H and O–H groups in total. The minimum Gasteiger partial charge on any atom is -0.456 e. The molecule has 5 aromatic carbocycles. The van der Waals surface area contributed by atoms with E-state index in [1.807, 2.05) is 72.8 Å². The van der Waals surface area contributed by atoms with Crippen LogP contribution in [0.5, 0.6) is 0 Å². The zero-order chi connectivity index (χ0) is 33.7. The molecule has 4 heteroatoms. The summed E-state index contributed by atoms with van der Waals surface area (Å²) in [7, 11) is 0. The van der Waals surface area contributed by atoms with Gasteiger partial charge >= 0.3 is 0 Å². The number of furan rings is 1. The molecule has 0 amide bonds. The predicted molar refractivity (Wildman–Crippen MR) is 203 cm³/mol. The van der Waals surface area contributed by atoms with Crippen LogP contribution in [0.2, 0.25) is 0 Å². The lowest BCUT2D eigenvalue weighted by atomic mass is 9.71. The summed E-state index contributed by atoms with van der Waals surface area (Å²) < 4.78 is 6.39. The first-order valence-electron chi connectivity index (χ1n) is 16.8. The van der Waals surface area contributed by atoms with E-state index in [-0.39, 0.29) is 5.41 Å². The number of nitrogens with zero attached hydrogens (tertiary/aromatic N) is 3. The molecule has 8 rings (SSSR count). The van der Waals surface area contributed by atoms with Crippen molar-refractivity contribution in [3.8, 4) is 33.9 Å². The smallest absolute Gasteiger partial charge is 0.164 e. The summed E-state index contributed by atoms with van der Waals surface area (Å²) in [5.41, 5.74) is 11.9. The van der Waals surface area contributed by atoms with Gasteiger partial charge in [0.05, 0.1) is 0 Å². The second kappa shape index (κ2) is 12.0. The normalized spacial score (nSPS) is 15.9.